The highest BCUT2D eigenvalue weighted by molar-refractivity contribution is 6.07. The molecule has 1 aromatic heterocycles. The van der Waals surface area contributed by atoms with Crippen molar-refractivity contribution in [3.05, 3.63) is 47.7 Å². The van der Waals surface area contributed by atoms with Gasteiger partial charge >= 0.3 is 0 Å². The molecule has 1 aromatic carbocycles. The molecule has 9 heteroatoms. The van der Waals surface area contributed by atoms with Crippen molar-refractivity contribution in [2.75, 3.05) is 26.8 Å². The van der Waals surface area contributed by atoms with Gasteiger partial charge in [0.15, 0.2) is 0 Å². The number of likely N-dealkylation sites (tertiary alicyclic amines) is 1. The van der Waals surface area contributed by atoms with Gasteiger partial charge in [-0.3, -0.25) is 14.6 Å². The number of nitrogens with zero attached hydrogens (tertiary/aromatic N) is 3. The largest absolute Gasteiger partial charge is 0.381 e. The molecule has 2 aromatic rings. The van der Waals surface area contributed by atoms with Gasteiger partial charge in [0.2, 0.25) is 5.91 Å². The van der Waals surface area contributed by atoms with E-state index in [9.17, 15) is 18.4 Å². The van der Waals surface area contributed by atoms with Crippen molar-refractivity contribution in [2.45, 2.75) is 18.4 Å². The molecule has 0 radical (unpaired) electrons. The lowest BCUT2D eigenvalue weighted by molar-refractivity contribution is -0.131. The average molecular weight is 414 g/mol. The second-order valence-electron chi connectivity index (χ2n) is 6.90. The fourth-order valence-corrected chi connectivity index (χ4v) is 3.29. The summed E-state index contributed by atoms with van der Waals surface area (Å²) >= 11 is 0. The maximum Gasteiger partial charge on any atom is 0.268 e. The number of amides is 2. The smallest absolute Gasteiger partial charge is 0.268 e. The molecule has 1 unspecified atom stereocenters. The van der Waals surface area contributed by atoms with Gasteiger partial charge in [0.1, 0.15) is 6.04 Å². The van der Waals surface area contributed by atoms with Crippen LogP contribution in [0.1, 0.15) is 22.3 Å². The van der Waals surface area contributed by atoms with E-state index in [4.69, 9.17) is 10.00 Å². The van der Waals surface area contributed by atoms with Gasteiger partial charge in [-0.15, -0.1) is 0 Å². The van der Waals surface area contributed by atoms with Crippen molar-refractivity contribution in [3.8, 4) is 6.07 Å². The summed E-state index contributed by atoms with van der Waals surface area (Å²) < 4.78 is 32.0. The fourth-order valence-electron chi connectivity index (χ4n) is 3.29. The highest BCUT2D eigenvalue weighted by atomic mass is 19.3. The summed E-state index contributed by atoms with van der Waals surface area (Å²) in [5.74, 6) is -4.37. The SMILES string of the molecule is COC/C=C/c1ccc2nccc(C(=O)NCC(=O)N3CC(F)(F)CC3C#N)c2c1. The van der Waals surface area contributed by atoms with E-state index in [2.05, 4.69) is 10.3 Å². The Balaban J connectivity index is 1.74. The molecule has 1 N–H and O–H groups in total. The third kappa shape index (κ3) is 4.78. The monoisotopic (exact) mass is 414 g/mol. The number of alkyl halides is 2. The number of hydrogen-bond donors (Lipinski definition) is 1. The molecule has 0 bridgehead atoms. The molecule has 156 valence electrons. The number of pyridine rings is 1. The van der Waals surface area contributed by atoms with Crippen molar-refractivity contribution in [3.63, 3.8) is 0 Å². The lowest BCUT2D eigenvalue weighted by atomic mass is 10.1. The third-order valence-electron chi connectivity index (χ3n) is 4.72. The quantitative estimate of drug-likeness (QED) is 0.783. The van der Waals surface area contributed by atoms with Crippen LogP contribution in [0.2, 0.25) is 0 Å². The van der Waals surface area contributed by atoms with Crippen molar-refractivity contribution in [1.82, 2.24) is 15.2 Å². The Morgan fingerprint density at radius 3 is 2.97 bits per heavy atom. The molecular formula is C21H20F2N4O3. The summed E-state index contributed by atoms with van der Waals surface area (Å²) in [5, 5.41) is 12.1. The van der Waals surface area contributed by atoms with E-state index < -0.39 is 43.3 Å². The van der Waals surface area contributed by atoms with E-state index in [1.54, 1.807) is 25.3 Å². The zero-order valence-corrected chi connectivity index (χ0v) is 16.3. The number of carbonyl (C=O) groups excluding carboxylic acids is 2. The Labute approximate surface area is 171 Å². The van der Waals surface area contributed by atoms with Gasteiger partial charge in [-0.05, 0) is 23.8 Å². The molecule has 3 rings (SSSR count). The van der Waals surface area contributed by atoms with Crippen LogP contribution in [0.3, 0.4) is 0 Å². The Morgan fingerprint density at radius 1 is 1.43 bits per heavy atom. The molecular weight excluding hydrogens is 394 g/mol. The van der Waals surface area contributed by atoms with Crippen LogP contribution >= 0.6 is 0 Å². The number of fused-ring (bicyclic) bond motifs is 1. The minimum absolute atomic E-state index is 0.304. The molecule has 7 nitrogen and oxygen atoms in total. The van der Waals surface area contributed by atoms with Gasteiger partial charge in [-0.2, -0.15) is 5.26 Å². The third-order valence-corrected chi connectivity index (χ3v) is 4.72. The summed E-state index contributed by atoms with van der Waals surface area (Å²) in [6.45, 7) is -0.862. The molecule has 0 saturated carbocycles. The Kier molecular flexibility index (Phi) is 6.37. The minimum atomic E-state index is -3.10. The van der Waals surface area contributed by atoms with Crippen molar-refractivity contribution in [1.29, 1.82) is 5.26 Å². The second-order valence-corrected chi connectivity index (χ2v) is 6.90. The maximum absolute atomic E-state index is 13.5. The highest BCUT2D eigenvalue weighted by Gasteiger charge is 2.47. The predicted octanol–water partition coefficient (Wildman–Crippen LogP) is 2.38. The summed E-state index contributed by atoms with van der Waals surface area (Å²) in [5.41, 5.74) is 1.74. The first kappa shape index (κ1) is 21.3. The number of hydrogen-bond acceptors (Lipinski definition) is 5. The summed E-state index contributed by atoms with van der Waals surface area (Å²) in [6, 6.07) is 7.44. The predicted molar refractivity (Wildman–Crippen MR) is 106 cm³/mol. The zero-order valence-electron chi connectivity index (χ0n) is 16.3. The molecule has 1 saturated heterocycles. The van der Waals surface area contributed by atoms with Crippen LogP contribution in [-0.2, 0) is 9.53 Å². The van der Waals surface area contributed by atoms with Crippen LogP contribution in [0.15, 0.2) is 36.5 Å². The van der Waals surface area contributed by atoms with Gasteiger partial charge in [0.05, 0.1) is 36.8 Å². The number of carbonyl (C=O) groups is 2. The molecule has 0 aliphatic carbocycles. The molecule has 1 atom stereocenters. The minimum Gasteiger partial charge on any atom is -0.381 e. The van der Waals surface area contributed by atoms with Gasteiger partial charge in [0, 0.05) is 25.1 Å². The van der Waals surface area contributed by atoms with E-state index in [-0.39, 0.29) is 0 Å². The number of halogens is 2. The highest BCUT2D eigenvalue weighted by Crippen LogP contribution is 2.31. The van der Waals surface area contributed by atoms with E-state index >= 15 is 0 Å². The number of nitriles is 1. The number of ether oxygens (including phenoxy) is 1. The Hall–Kier alpha value is -3.38. The van der Waals surface area contributed by atoms with Crippen LogP contribution in [0, 0.1) is 11.3 Å². The molecule has 30 heavy (non-hydrogen) atoms. The topological polar surface area (TPSA) is 95.3 Å². The molecule has 0 spiro atoms. The van der Waals surface area contributed by atoms with Crippen LogP contribution in [0.4, 0.5) is 8.78 Å². The number of benzene rings is 1. The van der Waals surface area contributed by atoms with Gasteiger partial charge < -0.3 is 15.0 Å². The first-order valence-electron chi connectivity index (χ1n) is 9.24. The maximum atomic E-state index is 13.5. The molecule has 1 fully saturated rings. The molecule has 1 aliphatic heterocycles. The van der Waals surface area contributed by atoms with E-state index in [1.807, 2.05) is 18.2 Å². The van der Waals surface area contributed by atoms with Crippen LogP contribution < -0.4 is 5.32 Å². The Bertz CT molecular complexity index is 1030. The molecule has 2 amide bonds. The van der Waals surface area contributed by atoms with E-state index in [1.165, 1.54) is 12.3 Å². The Morgan fingerprint density at radius 2 is 2.23 bits per heavy atom. The van der Waals surface area contributed by atoms with E-state index in [0.717, 1.165) is 10.5 Å². The molecule has 2 heterocycles. The first-order chi connectivity index (χ1) is 14.3. The van der Waals surface area contributed by atoms with Gasteiger partial charge in [-0.1, -0.05) is 18.2 Å². The lowest BCUT2D eigenvalue weighted by Crippen LogP contribution is -2.43. The summed E-state index contributed by atoms with van der Waals surface area (Å²) in [6.07, 6.45) is 4.45. The van der Waals surface area contributed by atoms with Gasteiger partial charge in [-0.25, -0.2) is 8.78 Å². The van der Waals surface area contributed by atoms with Crippen LogP contribution in [-0.4, -0.2) is 60.5 Å². The standard InChI is InChI=1S/C21H20F2N4O3/c1-30-8-2-3-14-4-5-18-17(9-14)16(6-7-25-18)20(29)26-12-19(28)27-13-21(22,23)10-15(27)11-24/h2-7,9,15H,8,10,12-13H2,1H3,(H,26,29)/b3-2+. The van der Waals surface area contributed by atoms with Crippen molar-refractivity contribution >= 4 is 28.8 Å². The second kappa shape index (κ2) is 8.97. The van der Waals surface area contributed by atoms with Gasteiger partial charge in [0.25, 0.3) is 11.8 Å². The lowest BCUT2D eigenvalue weighted by Gasteiger charge is -2.19. The van der Waals surface area contributed by atoms with E-state index in [0.29, 0.717) is 23.1 Å². The van der Waals surface area contributed by atoms with Crippen molar-refractivity contribution < 1.29 is 23.1 Å². The average Bonchev–Trinajstić information content (AvgIpc) is 3.06. The zero-order chi connectivity index (χ0) is 21.7. The number of aromatic nitrogens is 1. The van der Waals surface area contributed by atoms with Crippen LogP contribution in [0.25, 0.3) is 17.0 Å². The first-order valence-corrected chi connectivity index (χ1v) is 9.24. The fraction of sp³-hybridized carbons (Fsp3) is 0.333. The summed E-state index contributed by atoms with van der Waals surface area (Å²) in [7, 11) is 1.58. The summed E-state index contributed by atoms with van der Waals surface area (Å²) in [4.78, 5) is 30.0. The number of nitrogens with one attached hydrogen (secondary N) is 1. The molecule has 1 aliphatic rings. The van der Waals surface area contributed by atoms with Crippen molar-refractivity contribution in [2.24, 2.45) is 0 Å². The number of rotatable bonds is 6. The van der Waals surface area contributed by atoms with Crippen LogP contribution in [0.5, 0.6) is 0 Å². The number of methoxy groups -OCH3 is 1. The normalized spacial score (nSPS) is 17.9.